The average Bonchev–Trinajstić information content (AvgIpc) is 2.29. The molecular formula is C10H13ClNO3P. The first-order valence-corrected chi connectivity index (χ1v) is 7.12. The van der Waals surface area contributed by atoms with E-state index in [1.54, 1.807) is 12.1 Å². The summed E-state index contributed by atoms with van der Waals surface area (Å²) in [5.74, 6) is 0.323. The van der Waals surface area contributed by atoms with Crippen LogP contribution in [0, 0.1) is 0 Å². The fourth-order valence-corrected chi connectivity index (χ4v) is 3.29. The van der Waals surface area contributed by atoms with Crippen molar-refractivity contribution in [3.63, 3.8) is 0 Å². The van der Waals surface area contributed by atoms with E-state index in [1.165, 1.54) is 0 Å². The fraction of sp³-hybridized carbons (Fsp3) is 0.400. The van der Waals surface area contributed by atoms with E-state index in [-0.39, 0.29) is 6.10 Å². The second-order valence-electron chi connectivity index (χ2n) is 3.48. The average molecular weight is 262 g/mol. The minimum Gasteiger partial charge on any atom is -0.293 e. The molecule has 0 bridgehead atoms. The van der Waals surface area contributed by atoms with Crippen LogP contribution in [0.2, 0.25) is 0 Å². The van der Waals surface area contributed by atoms with Crippen molar-refractivity contribution in [3.05, 3.63) is 30.3 Å². The zero-order valence-electron chi connectivity index (χ0n) is 8.64. The van der Waals surface area contributed by atoms with Gasteiger partial charge in [0, 0.05) is 11.6 Å². The van der Waals surface area contributed by atoms with Crippen LogP contribution >= 0.6 is 19.3 Å². The standard InChI is InChI=1S/C10H13ClNO3P/c11-8-10-6-7-14-16(13,15-10)12-9-4-2-1-3-5-9/h1-5,10H,6-8H2,(H,12,13)/t10-,16+/m0/s1. The van der Waals surface area contributed by atoms with E-state index in [9.17, 15) is 4.57 Å². The number of alkyl halides is 1. The SMILES string of the molecule is O=[P@]1(Nc2ccccc2)OCC[C@@H](CCl)O1. The van der Waals surface area contributed by atoms with Gasteiger partial charge in [-0.25, -0.2) is 4.57 Å². The van der Waals surface area contributed by atoms with Crippen LogP contribution in [0.15, 0.2) is 30.3 Å². The van der Waals surface area contributed by atoms with Gasteiger partial charge < -0.3 is 0 Å². The van der Waals surface area contributed by atoms with Gasteiger partial charge in [0.25, 0.3) is 0 Å². The molecule has 4 nitrogen and oxygen atoms in total. The van der Waals surface area contributed by atoms with Crippen LogP contribution < -0.4 is 5.09 Å². The van der Waals surface area contributed by atoms with Gasteiger partial charge in [-0.05, 0) is 18.6 Å². The lowest BCUT2D eigenvalue weighted by Crippen LogP contribution is -2.24. The quantitative estimate of drug-likeness (QED) is 0.670. The largest absolute Gasteiger partial charge is 0.433 e. The molecule has 0 unspecified atom stereocenters. The number of hydrogen-bond donors (Lipinski definition) is 1. The highest BCUT2D eigenvalue weighted by atomic mass is 35.5. The van der Waals surface area contributed by atoms with Crippen molar-refractivity contribution in [1.29, 1.82) is 0 Å². The van der Waals surface area contributed by atoms with E-state index in [4.69, 9.17) is 20.6 Å². The Labute approximate surface area is 99.5 Å². The Morgan fingerprint density at radius 3 is 2.88 bits per heavy atom. The van der Waals surface area contributed by atoms with Gasteiger partial charge >= 0.3 is 7.75 Å². The van der Waals surface area contributed by atoms with Crippen LogP contribution in [-0.2, 0) is 13.6 Å². The zero-order chi connectivity index (χ0) is 11.4. The van der Waals surface area contributed by atoms with Crippen molar-refractivity contribution in [2.75, 3.05) is 17.6 Å². The van der Waals surface area contributed by atoms with Gasteiger partial charge in [-0.2, -0.15) is 0 Å². The van der Waals surface area contributed by atoms with Crippen LogP contribution in [-0.4, -0.2) is 18.6 Å². The summed E-state index contributed by atoms with van der Waals surface area (Å²) in [6, 6.07) is 9.17. The van der Waals surface area contributed by atoms with Gasteiger partial charge in [0.15, 0.2) is 0 Å². The molecule has 88 valence electrons. The van der Waals surface area contributed by atoms with Gasteiger partial charge in [-0.1, -0.05) is 18.2 Å². The third-order valence-corrected chi connectivity index (χ3v) is 4.18. The predicted molar refractivity (Wildman–Crippen MR) is 63.8 cm³/mol. The Hall–Kier alpha value is -0.540. The Morgan fingerprint density at radius 2 is 2.19 bits per heavy atom. The lowest BCUT2D eigenvalue weighted by Gasteiger charge is -2.28. The van der Waals surface area contributed by atoms with Gasteiger partial charge in [0.1, 0.15) is 0 Å². The highest BCUT2D eigenvalue weighted by Crippen LogP contribution is 2.52. The van der Waals surface area contributed by atoms with Crippen molar-refractivity contribution in [2.24, 2.45) is 0 Å². The van der Waals surface area contributed by atoms with Crippen molar-refractivity contribution in [3.8, 4) is 0 Å². The summed E-state index contributed by atoms with van der Waals surface area (Å²) in [5.41, 5.74) is 0.709. The molecule has 2 atom stereocenters. The second-order valence-corrected chi connectivity index (χ2v) is 5.48. The maximum atomic E-state index is 12.2. The van der Waals surface area contributed by atoms with E-state index in [2.05, 4.69) is 5.09 Å². The van der Waals surface area contributed by atoms with Crippen molar-refractivity contribution < 1.29 is 13.6 Å². The first-order chi connectivity index (χ1) is 7.72. The van der Waals surface area contributed by atoms with Crippen molar-refractivity contribution in [2.45, 2.75) is 12.5 Å². The molecule has 1 fully saturated rings. The highest BCUT2D eigenvalue weighted by molar-refractivity contribution is 7.55. The van der Waals surface area contributed by atoms with E-state index in [0.29, 0.717) is 24.6 Å². The number of hydrogen-bond acceptors (Lipinski definition) is 3. The molecule has 0 amide bonds. The van der Waals surface area contributed by atoms with Crippen LogP contribution in [0.25, 0.3) is 0 Å². The third kappa shape index (κ3) is 2.98. The summed E-state index contributed by atoms with van der Waals surface area (Å²) in [7, 11) is -3.24. The molecule has 6 heteroatoms. The summed E-state index contributed by atoms with van der Waals surface area (Å²) in [6.07, 6.45) is 0.460. The monoisotopic (exact) mass is 261 g/mol. The molecule has 2 rings (SSSR count). The Bertz CT molecular complexity index is 387. The molecule has 0 aromatic heterocycles. The van der Waals surface area contributed by atoms with Crippen LogP contribution in [0.4, 0.5) is 5.69 Å². The van der Waals surface area contributed by atoms with Gasteiger partial charge in [0.05, 0.1) is 12.7 Å². The van der Waals surface area contributed by atoms with Crippen LogP contribution in [0.3, 0.4) is 0 Å². The van der Waals surface area contributed by atoms with Gasteiger partial charge in [-0.15, -0.1) is 11.6 Å². The third-order valence-electron chi connectivity index (χ3n) is 2.20. The van der Waals surface area contributed by atoms with E-state index < -0.39 is 7.75 Å². The first-order valence-electron chi connectivity index (χ1n) is 5.04. The molecule has 0 spiro atoms. The lowest BCUT2D eigenvalue weighted by atomic mass is 10.3. The fourth-order valence-electron chi connectivity index (χ4n) is 1.42. The number of halogens is 1. The molecule has 1 aromatic rings. The normalized spacial score (nSPS) is 29.9. The van der Waals surface area contributed by atoms with Gasteiger partial charge in [0.2, 0.25) is 0 Å². The Morgan fingerprint density at radius 1 is 1.44 bits per heavy atom. The molecule has 1 aromatic carbocycles. The molecular weight excluding hydrogens is 249 g/mol. The van der Waals surface area contributed by atoms with E-state index in [1.807, 2.05) is 18.2 Å². The summed E-state index contributed by atoms with van der Waals surface area (Å²) in [6.45, 7) is 0.397. The molecule has 0 radical (unpaired) electrons. The van der Waals surface area contributed by atoms with E-state index >= 15 is 0 Å². The Kier molecular flexibility index (Phi) is 3.87. The van der Waals surface area contributed by atoms with Crippen LogP contribution in [0.5, 0.6) is 0 Å². The van der Waals surface area contributed by atoms with E-state index in [0.717, 1.165) is 0 Å². The lowest BCUT2D eigenvalue weighted by molar-refractivity contribution is 0.0973. The second kappa shape index (κ2) is 5.19. The number of rotatable bonds is 3. The minimum atomic E-state index is -3.24. The maximum absolute atomic E-state index is 12.2. The van der Waals surface area contributed by atoms with Gasteiger partial charge in [-0.3, -0.25) is 14.1 Å². The smallest absolute Gasteiger partial charge is 0.293 e. The molecule has 0 saturated carbocycles. The first kappa shape index (κ1) is 11.9. The number of benzene rings is 1. The molecule has 1 N–H and O–H groups in total. The predicted octanol–water partition coefficient (Wildman–Crippen LogP) is 3.25. The zero-order valence-corrected chi connectivity index (χ0v) is 10.3. The summed E-state index contributed by atoms with van der Waals surface area (Å²) < 4.78 is 22.6. The maximum Gasteiger partial charge on any atom is 0.433 e. The molecule has 1 heterocycles. The van der Waals surface area contributed by atoms with Crippen molar-refractivity contribution in [1.82, 2.24) is 0 Å². The topological polar surface area (TPSA) is 47.6 Å². The molecule has 1 saturated heterocycles. The highest BCUT2D eigenvalue weighted by Gasteiger charge is 2.33. The molecule has 1 aliphatic rings. The number of nitrogens with one attached hydrogen (secondary N) is 1. The van der Waals surface area contributed by atoms with Crippen LogP contribution in [0.1, 0.15) is 6.42 Å². The molecule has 1 aliphatic heterocycles. The molecule has 0 aliphatic carbocycles. The summed E-state index contributed by atoms with van der Waals surface area (Å²) in [4.78, 5) is 0. The number of anilines is 1. The number of para-hydroxylation sites is 1. The van der Waals surface area contributed by atoms with Crippen molar-refractivity contribution >= 4 is 25.0 Å². The molecule has 16 heavy (non-hydrogen) atoms. The summed E-state index contributed by atoms with van der Waals surface area (Å²) in [5, 5.41) is 2.77. The minimum absolute atomic E-state index is 0.211. The summed E-state index contributed by atoms with van der Waals surface area (Å²) >= 11 is 5.68. The Balaban J connectivity index is 2.05.